The van der Waals surface area contributed by atoms with Gasteiger partial charge < -0.3 is 9.13 Å². The molecule has 15 rings (SSSR count). The third-order valence-corrected chi connectivity index (χ3v) is 16.3. The first-order valence-corrected chi connectivity index (χ1v) is 23.7. The van der Waals surface area contributed by atoms with Crippen molar-refractivity contribution in [3.05, 3.63) is 196 Å². The van der Waals surface area contributed by atoms with Crippen molar-refractivity contribution in [2.75, 3.05) is 0 Å². The van der Waals surface area contributed by atoms with Gasteiger partial charge in [-0.2, -0.15) is 0 Å². The zero-order valence-corrected chi connectivity index (χ0v) is 36.7. The van der Waals surface area contributed by atoms with E-state index in [1.807, 2.05) is 0 Å². The van der Waals surface area contributed by atoms with Crippen LogP contribution in [0.1, 0.15) is 72.2 Å². The molecule has 0 atom stereocenters. The maximum absolute atomic E-state index is 2.79. The van der Waals surface area contributed by atoms with Crippen molar-refractivity contribution in [1.82, 2.24) is 9.13 Å². The van der Waals surface area contributed by atoms with Crippen LogP contribution in [0.4, 0.5) is 0 Å². The predicted octanol–water partition coefficient (Wildman–Crippen LogP) is 12.8. The minimum atomic E-state index is -0.546. The van der Waals surface area contributed by atoms with Gasteiger partial charge >= 0.3 is 0 Å². The van der Waals surface area contributed by atoms with E-state index in [1.54, 1.807) is 0 Å². The average molecular weight is 817 g/mol. The van der Waals surface area contributed by atoms with Crippen molar-refractivity contribution < 1.29 is 0 Å². The maximum Gasteiger partial charge on any atom is 0.252 e. The molecule has 9 aromatic carbocycles. The topological polar surface area (TPSA) is 9.86 Å². The number of benzene rings is 9. The lowest BCUT2D eigenvalue weighted by molar-refractivity contribution is 0.748. The van der Waals surface area contributed by atoms with Crippen LogP contribution in [0.15, 0.2) is 152 Å². The molecule has 0 unspecified atom stereocenters. The molecule has 3 aliphatic heterocycles. The highest BCUT2D eigenvalue weighted by molar-refractivity contribution is 7.00. The van der Waals surface area contributed by atoms with Gasteiger partial charge in [-0.25, -0.2) is 0 Å². The molecule has 64 heavy (non-hydrogen) atoms. The molecule has 1 aliphatic carbocycles. The van der Waals surface area contributed by atoms with Crippen molar-refractivity contribution in [3.8, 4) is 33.6 Å². The van der Waals surface area contributed by atoms with Gasteiger partial charge in [-0.3, -0.25) is 0 Å². The molecule has 0 fully saturated rings. The van der Waals surface area contributed by atoms with Gasteiger partial charge in [0.15, 0.2) is 0 Å². The second kappa shape index (κ2) is 12.1. The molecule has 3 heteroatoms. The first-order chi connectivity index (χ1) is 31.6. The standard InChI is InChI=1S/C61H45BN2/c1-5-34-24-25-54-43(26-34)44-28-36(7-3)31-52-57(44)63(54)59-47(40-21-15-17-38-16-9-10-18-39(38)40)33-51-60-55(59)62(52)53-32-37(8-4)29-46-45-27-35(6-2)30-50(56(45)64(60)58(46)53)61(51)48-22-13-11-19-41(48)42-20-12-14-23-49(42)61/h9-33H,5-8H2,1-4H3. The highest BCUT2D eigenvalue weighted by Gasteiger charge is 2.55. The maximum atomic E-state index is 2.79. The highest BCUT2D eigenvalue weighted by Crippen LogP contribution is 2.62. The van der Waals surface area contributed by atoms with Gasteiger partial charge in [-0.15, -0.1) is 0 Å². The molecule has 1 spiro atoms. The van der Waals surface area contributed by atoms with Gasteiger partial charge in [0.2, 0.25) is 0 Å². The lowest BCUT2D eigenvalue weighted by atomic mass is 9.33. The van der Waals surface area contributed by atoms with Gasteiger partial charge in [0, 0.05) is 43.8 Å². The van der Waals surface area contributed by atoms with Gasteiger partial charge in [-0.05, 0) is 150 Å². The molecular formula is C61H45BN2. The van der Waals surface area contributed by atoms with E-state index in [0.29, 0.717) is 0 Å². The summed E-state index contributed by atoms with van der Waals surface area (Å²) in [6, 6.07) is 60.2. The van der Waals surface area contributed by atoms with Crippen LogP contribution in [0.25, 0.3) is 88.0 Å². The smallest absolute Gasteiger partial charge is 0.252 e. The number of aromatic nitrogens is 2. The summed E-state index contributed by atoms with van der Waals surface area (Å²) >= 11 is 0. The molecule has 0 amide bonds. The summed E-state index contributed by atoms with van der Waals surface area (Å²) in [5.74, 6) is 0. The Kier molecular flexibility index (Phi) is 6.70. The average Bonchev–Trinajstić information content (AvgIpc) is 3.97. The van der Waals surface area contributed by atoms with E-state index in [9.17, 15) is 0 Å². The number of rotatable bonds is 5. The Morgan fingerprint density at radius 3 is 1.66 bits per heavy atom. The van der Waals surface area contributed by atoms with Gasteiger partial charge in [-0.1, -0.05) is 143 Å². The Labute approximate surface area is 373 Å². The molecule has 0 saturated carbocycles. The van der Waals surface area contributed by atoms with Crippen molar-refractivity contribution in [3.63, 3.8) is 0 Å². The Hall–Kier alpha value is -7.10. The molecule has 0 radical (unpaired) electrons. The number of nitrogens with zero attached hydrogens (tertiary/aromatic N) is 2. The van der Waals surface area contributed by atoms with Crippen molar-refractivity contribution in [2.45, 2.75) is 58.8 Å². The van der Waals surface area contributed by atoms with E-state index in [2.05, 4.69) is 188 Å². The Bertz CT molecular complexity index is 3920. The summed E-state index contributed by atoms with van der Waals surface area (Å²) in [6.07, 6.45) is 3.95. The second-order valence-corrected chi connectivity index (χ2v) is 19.0. The first kappa shape index (κ1) is 35.4. The van der Waals surface area contributed by atoms with Gasteiger partial charge in [0.1, 0.15) is 0 Å². The van der Waals surface area contributed by atoms with E-state index in [4.69, 9.17) is 0 Å². The van der Waals surface area contributed by atoms with Crippen molar-refractivity contribution in [2.24, 2.45) is 0 Å². The summed E-state index contributed by atoms with van der Waals surface area (Å²) < 4.78 is 5.51. The number of aryl methyl sites for hydroxylation is 4. The van der Waals surface area contributed by atoms with Crippen LogP contribution >= 0.6 is 0 Å². The molecule has 5 heterocycles. The van der Waals surface area contributed by atoms with Crippen LogP contribution in [0, 0.1) is 0 Å². The third kappa shape index (κ3) is 3.95. The Balaban J connectivity index is 1.27. The lowest BCUT2D eigenvalue weighted by Crippen LogP contribution is -2.60. The monoisotopic (exact) mass is 816 g/mol. The zero-order chi connectivity index (χ0) is 42.3. The van der Waals surface area contributed by atoms with E-state index in [0.717, 1.165) is 25.7 Å². The third-order valence-electron chi connectivity index (χ3n) is 16.3. The normalized spacial score (nSPS) is 14.3. The molecule has 0 N–H and O–H groups in total. The van der Waals surface area contributed by atoms with Gasteiger partial charge in [0.25, 0.3) is 6.71 Å². The first-order valence-electron chi connectivity index (χ1n) is 23.7. The van der Waals surface area contributed by atoms with Crippen LogP contribution < -0.4 is 16.4 Å². The highest BCUT2D eigenvalue weighted by atomic mass is 15.1. The summed E-state index contributed by atoms with van der Waals surface area (Å²) in [6.45, 7) is 9.34. The summed E-state index contributed by atoms with van der Waals surface area (Å²) in [7, 11) is 0. The fourth-order valence-corrected chi connectivity index (χ4v) is 13.6. The minimum absolute atomic E-state index is 0.0390. The van der Waals surface area contributed by atoms with Crippen LogP contribution in [0.2, 0.25) is 0 Å². The molecule has 0 bridgehead atoms. The molecular weight excluding hydrogens is 771 g/mol. The van der Waals surface area contributed by atoms with Crippen molar-refractivity contribution >= 4 is 77.5 Å². The SMILES string of the molecule is CCc1ccc2c(c1)c1cc(CC)cc3c1n2-c1c(-c2cccc4ccccc24)cc2c4c1B3c1cc(CC)cc3c5cc(CC)cc(c5n-4c13)C21c2ccccc2-c2ccccc21. The Morgan fingerprint density at radius 1 is 0.391 bits per heavy atom. The second-order valence-electron chi connectivity index (χ2n) is 19.0. The molecule has 2 nitrogen and oxygen atoms in total. The molecule has 11 aromatic rings. The largest absolute Gasteiger partial charge is 0.310 e. The summed E-state index contributed by atoms with van der Waals surface area (Å²) in [4.78, 5) is 0. The zero-order valence-electron chi connectivity index (χ0n) is 36.7. The van der Waals surface area contributed by atoms with E-state index >= 15 is 0 Å². The predicted molar refractivity (Wildman–Crippen MR) is 271 cm³/mol. The summed E-state index contributed by atoms with van der Waals surface area (Å²) in [5, 5.41) is 8.09. The molecule has 2 aromatic heterocycles. The fourth-order valence-electron chi connectivity index (χ4n) is 13.6. The minimum Gasteiger partial charge on any atom is -0.310 e. The van der Waals surface area contributed by atoms with Gasteiger partial charge in [0.05, 0.1) is 22.1 Å². The lowest BCUT2D eigenvalue weighted by Gasteiger charge is -2.45. The molecule has 4 aliphatic rings. The van der Waals surface area contributed by atoms with E-state index in [-0.39, 0.29) is 6.71 Å². The Morgan fingerprint density at radius 2 is 0.953 bits per heavy atom. The van der Waals surface area contributed by atoms with Crippen LogP contribution in [-0.4, -0.2) is 15.8 Å². The number of fused-ring (bicyclic) bond motifs is 15. The quantitative estimate of drug-likeness (QED) is 0.153. The number of hydrogen-bond acceptors (Lipinski definition) is 0. The van der Waals surface area contributed by atoms with E-state index < -0.39 is 5.41 Å². The van der Waals surface area contributed by atoms with Crippen LogP contribution in [-0.2, 0) is 31.1 Å². The van der Waals surface area contributed by atoms with Crippen LogP contribution in [0.5, 0.6) is 0 Å². The molecule has 0 saturated heterocycles. The fraction of sp³-hybridized carbons (Fsp3) is 0.148. The van der Waals surface area contributed by atoms with Crippen LogP contribution in [0.3, 0.4) is 0 Å². The van der Waals surface area contributed by atoms with Crippen molar-refractivity contribution in [1.29, 1.82) is 0 Å². The molecule has 302 valence electrons. The van der Waals surface area contributed by atoms with E-state index in [1.165, 1.54) is 149 Å². The number of hydrogen-bond donors (Lipinski definition) is 0. The summed E-state index contributed by atoms with van der Waals surface area (Å²) in [5.41, 5.74) is 28.5.